The molecule has 0 aliphatic rings. The first-order valence-corrected chi connectivity index (χ1v) is 7.44. The van der Waals surface area contributed by atoms with Crippen LogP contribution in [-0.2, 0) is 6.42 Å². The quantitative estimate of drug-likeness (QED) is 0.640. The number of aromatic carboxylic acids is 1. The topological polar surface area (TPSA) is 86.9 Å². The van der Waals surface area contributed by atoms with Crippen LogP contribution in [0.3, 0.4) is 0 Å². The fourth-order valence-corrected chi connectivity index (χ4v) is 2.92. The highest BCUT2D eigenvalue weighted by atomic mass is 32.2. The van der Waals surface area contributed by atoms with E-state index in [1.54, 1.807) is 6.92 Å². The van der Waals surface area contributed by atoms with Crippen LogP contribution in [0.15, 0.2) is 5.03 Å². The van der Waals surface area contributed by atoms with E-state index in [-0.39, 0.29) is 5.56 Å². The van der Waals surface area contributed by atoms with Gasteiger partial charge >= 0.3 is 5.97 Å². The number of hydrogen-bond acceptors (Lipinski definition) is 5. The Kier molecular flexibility index (Phi) is 5.52. The van der Waals surface area contributed by atoms with E-state index >= 15 is 0 Å². The van der Waals surface area contributed by atoms with Crippen molar-refractivity contribution in [3.8, 4) is 6.07 Å². The van der Waals surface area contributed by atoms with E-state index in [2.05, 4.69) is 16.0 Å². The lowest BCUT2D eigenvalue weighted by atomic mass is 9.93. The SMILES string of the molecule is CCc1nc(C)c(C(=O)O)c(SCCC(C)(C)C#N)n1. The average Bonchev–Trinajstić information content (AvgIpc) is 2.37. The zero-order valence-corrected chi connectivity index (χ0v) is 13.0. The normalized spacial score (nSPS) is 11.2. The van der Waals surface area contributed by atoms with Gasteiger partial charge in [-0.25, -0.2) is 14.8 Å². The third kappa shape index (κ3) is 4.20. The molecule has 1 aromatic rings. The van der Waals surface area contributed by atoms with Crippen molar-refractivity contribution in [3.05, 3.63) is 17.1 Å². The van der Waals surface area contributed by atoms with E-state index in [1.165, 1.54) is 11.8 Å². The molecule has 0 atom stereocenters. The number of hydrogen-bond donors (Lipinski definition) is 1. The lowest BCUT2D eigenvalue weighted by Crippen LogP contribution is -2.11. The van der Waals surface area contributed by atoms with Gasteiger partial charge in [0.05, 0.1) is 17.2 Å². The fourth-order valence-electron chi connectivity index (χ4n) is 1.57. The molecule has 0 aliphatic carbocycles. The first-order valence-electron chi connectivity index (χ1n) is 6.45. The van der Waals surface area contributed by atoms with Gasteiger partial charge in [0, 0.05) is 12.2 Å². The Morgan fingerprint density at radius 3 is 2.60 bits per heavy atom. The van der Waals surface area contributed by atoms with Crippen molar-refractivity contribution in [2.24, 2.45) is 5.41 Å². The van der Waals surface area contributed by atoms with Gasteiger partial charge in [-0.15, -0.1) is 11.8 Å². The Hall–Kier alpha value is -1.61. The Labute approximate surface area is 123 Å². The van der Waals surface area contributed by atoms with Crippen LogP contribution in [0.25, 0.3) is 0 Å². The van der Waals surface area contributed by atoms with E-state index < -0.39 is 11.4 Å². The Morgan fingerprint density at radius 2 is 2.10 bits per heavy atom. The maximum absolute atomic E-state index is 11.3. The Balaban J connectivity index is 2.96. The van der Waals surface area contributed by atoms with Gasteiger partial charge in [0.2, 0.25) is 0 Å². The van der Waals surface area contributed by atoms with Gasteiger partial charge in [0.25, 0.3) is 0 Å². The molecule has 5 nitrogen and oxygen atoms in total. The molecule has 0 bridgehead atoms. The summed E-state index contributed by atoms with van der Waals surface area (Å²) >= 11 is 1.38. The van der Waals surface area contributed by atoms with Crippen molar-refractivity contribution in [3.63, 3.8) is 0 Å². The van der Waals surface area contributed by atoms with Crippen LogP contribution in [-0.4, -0.2) is 26.8 Å². The van der Waals surface area contributed by atoms with Gasteiger partial charge in [0.1, 0.15) is 16.4 Å². The molecular weight excluding hydrogens is 274 g/mol. The lowest BCUT2D eigenvalue weighted by Gasteiger charge is -2.15. The second-order valence-corrected chi connectivity index (χ2v) is 6.24. The highest BCUT2D eigenvalue weighted by Crippen LogP contribution is 2.28. The predicted octanol–water partition coefficient (Wildman–Crippen LogP) is 3.08. The zero-order valence-electron chi connectivity index (χ0n) is 12.2. The van der Waals surface area contributed by atoms with E-state index in [4.69, 9.17) is 5.26 Å². The summed E-state index contributed by atoms with van der Waals surface area (Å²) in [4.78, 5) is 19.8. The highest BCUT2D eigenvalue weighted by Gasteiger charge is 2.20. The second-order valence-electron chi connectivity index (χ2n) is 5.16. The number of nitriles is 1. The molecule has 0 spiro atoms. The number of aryl methyl sites for hydroxylation is 2. The van der Waals surface area contributed by atoms with Crippen molar-refractivity contribution >= 4 is 17.7 Å². The van der Waals surface area contributed by atoms with Gasteiger partial charge < -0.3 is 5.11 Å². The number of nitrogens with zero attached hydrogens (tertiary/aromatic N) is 3. The number of thioether (sulfide) groups is 1. The summed E-state index contributed by atoms with van der Waals surface area (Å²) in [5.74, 6) is 0.294. The number of aromatic nitrogens is 2. The maximum Gasteiger partial charge on any atom is 0.340 e. The largest absolute Gasteiger partial charge is 0.478 e. The third-order valence-electron chi connectivity index (χ3n) is 2.90. The summed E-state index contributed by atoms with van der Waals surface area (Å²) in [6.45, 7) is 7.36. The first kappa shape index (κ1) is 16.4. The van der Waals surface area contributed by atoms with Crippen molar-refractivity contribution in [2.75, 3.05) is 5.75 Å². The summed E-state index contributed by atoms with van der Waals surface area (Å²) in [5.41, 5.74) is 0.250. The monoisotopic (exact) mass is 293 g/mol. The highest BCUT2D eigenvalue weighted by molar-refractivity contribution is 7.99. The molecule has 0 radical (unpaired) electrons. The minimum Gasteiger partial charge on any atom is -0.478 e. The van der Waals surface area contributed by atoms with E-state index in [0.29, 0.717) is 35.1 Å². The van der Waals surface area contributed by atoms with E-state index in [9.17, 15) is 9.90 Å². The van der Waals surface area contributed by atoms with Crippen LogP contribution in [0.5, 0.6) is 0 Å². The van der Waals surface area contributed by atoms with Crippen LogP contribution < -0.4 is 0 Å². The summed E-state index contributed by atoms with van der Waals surface area (Å²) in [6, 6.07) is 2.24. The molecule has 1 rings (SSSR count). The van der Waals surface area contributed by atoms with Gasteiger partial charge in [-0.1, -0.05) is 6.92 Å². The number of carboxylic acids is 1. The number of carboxylic acid groups (broad SMARTS) is 1. The van der Waals surface area contributed by atoms with E-state index in [1.807, 2.05) is 20.8 Å². The van der Waals surface area contributed by atoms with Crippen molar-refractivity contribution in [1.29, 1.82) is 5.26 Å². The molecule has 0 amide bonds. The molecule has 108 valence electrons. The Morgan fingerprint density at radius 1 is 1.45 bits per heavy atom. The zero-order chi connectivity index (χ0) is 15.3. The van der Waals surface area contributed by atoms with Gasteiger partial charge in [-0.3, -0.25) is 0 Å². The summed E-state index contributed by atoms with van der Waals surface area (Å²) in [6.07, 6.45) is 1.34. The molecule has 1 N–H and O–H groups in total. The van der Waals surface area contributed by atoms with Gasteiger partial charge in [-0.2, -0.15) is 5.26 Å². The van der Waals surface area contributed by atoms with Crippen molar-refractivity contribution < 1.29 is 9.90 Å². The van der Waals surface area contributed by atoms with Crippen LogP contribution >= 0.6 is 11.8 Å². The van der Waals surface area contributed by atoms with Crippen LogP contribution in [0, 0.1) is 23.7 Å². The molecule has 0 saturated carbocycles. The summed E-state index contributed by atoms with van der Waals surface area (Å²) < 4.78 is 0. The lowest BCUT2D eigenvalue weighted by molar-refractivity contribution is 0.0690. The standard InChI is InChI=1S/C14H19N3O2S/c1-5-10-16-9(2)11(13(18)19)12(17-10)20-7-6-14(3,4)8-15/h5-7H2,1-4H3,(H,18,19). The fraction of sp³-hybridized carbons (Fsp3) is 0.571. The number of carbonyl (C=O) groups is 1. The maximum atomic E-state index is 11.3. The summed E-state index contributed by atoms with van der Waals surface area (Å²) in [7, 11) is 0. The molecule has 0 fully saturated rings. The molecular formula is C14H19N3O2S. The van der Waals surface area contributed by atoms with Gasteiger partial charge in [0.15, 0.2) is 0 Å². The second kappa shape index (κ2) is 6.71. The minimum absolute atomic E-state index is 0.168. The molecule has 20 heavy (non-hydrogen) atoms. The number of rotatable bonds is 6. The van der Waals surface area contributed by atoms with Crippen LogP contribution in [0.1, 0.15) is 49.1 Å². The minimum atomic E-state index is -1.01. The molecule has 1 aromatic heterocycles. The van der Waals surface area contributed by atoms with Gasteiger partial charge in [-0.05, 0) is 27.2 Å². The summed E-state index contributed by atoms with van der Waals surface area (Å²) in [5, 5.41) is 18.7. The molecule has 0 aromatic carbocycles. The third-order valence-corrected chi connectivity index (χ3v) is 3.88. The Bertz CT molecular complexity index is 550. The molecule has 0 unspecified atom stereocenters. The molecule has 6 heteroatoms. The first-order chi connectivity index (χ1) is 9.30. The molecule has 0 aliphatic heterocycles. The predicted molar refractivity (Wildman–Crippen MR) is 77.8 cm³/mol. The van der Waals surface area contributed by atoms with E-state index in [0.717, 1.165) is 0 Å². The molecule has 0 saturated heterocycles. The smallest absolute Gasteiger partial charge is 0.340 e. The van der Waals surface area contributed by atoms with Crippen LogP contribution in [0.4, 0.5) is 0 Å². The van der Waals surface area contributed by atoms with Crippen molar-refractivity contribution in [1.82, 2.24) is 9.97 Å². The molecule has 1 heterocycles. The van der Waals surface area contributed by atoms with Crippen molar-refractivity contribution in [2.45, 2.75) is 45.6 Å². The van der Waals surface area contributed by atoms with Crippen LogP contribution in [0.2, 0.25) is 0 Å². The average molecular weight is 293 g/mol.